The molecule has 0 atom stereocenters. The third-order valence-corrected chi connectivity index (χ3v) is 8.62. The molecule has 1 aromatic heterocycles. The van der Waals surface area contributed by atoms with Crippen LogP contribution in [0.5, 0.6) is 0 Å². The highest BCUT2D eigenvalue weighted by Gasteiger charge is 2.23. The van der Waals surface area contributed by atoms with Crippen molar-refractivity contribution in [1.82, 2.24) is 8.87 Å². The summed E-state index contributed by atoms with van der Waals surface area (Å²) >= 11 is 7.66. The van der Waals surface area contributed by atoms with E-state index in [1.54, 1.807) is 10.6 Å². The van der Waals surface area contributed by atoms with Crippen molar-refractivity contribution in [2.75, 3.05) is 13.1 Å². The second kappa shape index (κ2) is 11.8. The van der Waals surface area contributed by atoms with E-state index in [1.807, 2.05) is 26.0 Å². The molecule has 2 aromatic carbocycles. The van der Waals surface area contributed by atoms with Crippen LogP contribution in [0.2, 0.25) is 5.02 Å². The molecule has 1 heterocycles. The lowest BCUT2D eigenvalue weighted by atomic mass is 10.2. The number of sulfonamides is 1. The number of hydrogen-bond acceptors (Lipinski definition) is 4. The Morgan fingerprint density at radius 3 is 2.35 bits per heavy atom. The van der Waals surface area contributed by atoms with Gasteiger partial charge in [-0.3, -0.25) is 4.79 Å². The van der Waals surface area contributed by atoms with Crippen LogP contribution in [-0.2, 0) is 16.6 Å². The molecule has 1 amide bonds. The predicted octanol–water partition coefficient (Wildman–Crippen LogP) is 5.32. The maximum atomic E-state index is 13.1. The summed E-state index contributed by atoms with van der Waals surface area (Å²) in [6.45, 7) is 5.26. The molecule has 0 spiro atoms. The zero-order valence-electron chi connectivity index (χ0n) is 19.3. The molecule has 0 aliphatic heterocycles. The highest BCUT2D eigenvalue weighted by molar-refractivity contribution is 7.89. The number of terminal acetylenes is 1. The number of hydrogen-bond donors (Lipinski definition) is 0. The van der Waals surface area contributed by atoms with Crippen molar-refractivity contribution in [3.8, 4) is 12.3 Å². The summed E-state index contributed by atoms with van der Waals surface area (Å²) in [5.74, 6) is 2.09. The minimum atomic E-state index is -3.63. The fourth-order valence-electron chi connectivity index (χ4n) is 3.50. The molecule has 9 heteroatoms. The standard InChI is InChI=1S/C25H28ClN3O3S2/c1-4-7-17-28(18-8-5-2)34(31,32)20-14-12-19(13-15-20)24(30)27-25-29(16-6-3)23-21(26)10-9-11-22(23)33-25/h3,9-15H,4-5,7-8,16-18H2,1-2H3. The van der Waals surface area contributed by atoms with Crippen molar-refractivity contribution in [3.05, 3.63) is 57.9 Å². The molecule has 6 nitrogen and oxygen atoms in total. The summed E-state index contributed by atoms with van der Waals surface area (Å²) in [5.41, 5.74) is 1.03. The summed E-state index contributed by atoms with van der Waals surface area (Å²) in [5, 5.41) is 0.531. The maximum absolute atomic E-state index is 13.1. The van der Waals surface area contributed by atoms with Crippen molar-refractivity contribution in [2.45, 2.75) is 51.0 Å². The van der Waals surface area contributed by atoms with Gasteiger partial charge in [0, 0.05) is 18.7 Å². The molecule has 0 fully saturated rings. The second-order valence-electron chi connectivity index (χ2n) is 7.81. The lowest BCUT2D eigenvalue weighted by Crippen LogP contribution is -2.33. The number of fused-ring (bicyclic) bond motifs is 1. The third kappa shape index (κ3) is 5.78. The van der Waals surface area contributed by atoms with E-state index in [-0.39, 0.29) is 11.4 Å². The van der Waals surface area contributed by atoms with Crippen molar-refractivity contribution in [1.29, 1.82) is 0 Å². The van der Waals surface area contributed by atoms with Gasteiger partial charge < -0.3 is 4.57 Å². The van der Waals surface area contributed by atoms with E-state index in [2.05, 4.69) is 10.9 Å². The average molecular weight is 518 g/mol. The number of para-hydroxylation sites is 1. The van der Waals surface area contributed by atoms with Gasteiger partial charge in [-0.05, 0) is 49.2 Å². The highest BCUT2D eigenvalue weighted by Crippen LogP contribution is 2.25. The molecule has 0 saturated carbocycles. The fraction of sp³-hybridized carbons (Fsp3) is 0.360. The number of carbonyl (C=O) groups excluding carboxylic acids is 1. The quantitative estimate of drug-likeness (QED) is 0.341. The molecule has 0 aliphatic carbocycles. The highest BCUT2D eigenvalue weighted by atomic mass is 35.5. The Kier molecular flexibility index (Phi) is 9.09. The first kappa shape index (κ1) is 26.2. The van der Waals surface area contributed by atoms with Gasteiger partial charge in [0.05, 0.1) is 26.7 Å². The summed E-state index contributed by atoms with van der Waals surface area (Å²) in [7, 11) is -3.63. The van der Waals surface area contributed by atoms with Crippen molar-refractivity contribution in [2.24, 2.45) is 4.99 Å². The molecule has 0 N–H and O–H groups in total. The molecule has 0 saturated heterocycles. The van der Waals surface area contributed by atoms with E-state index in [0.717, 1.165) is 35.9 Å². The minimum absolute atomic E-state index is 0.173. The molecule has 3 rings (SSSR count). The smallest absolute Gasteiger partial charge is 0.279 e. The monoisotopic (exact) mass is 517 g/mol. The zero-order valence-corrected chi connectivity index (χ0v) is 21.7. The van der Waals surface area contributed by atoms with Crippen LogP contribution in [-0.4, -0.2) is 36.3 Å². The Morgan fingerprint density at radius 2 is 1.76 bits per heavy atom. The largest absolute Gasteiger partial charge is 0.303 e. The van der Waals surface area contributed by atoms with E-state index in [4.69, 9.17) is 18.0 Å². The molecule has 0 radical (unpaired) electrons. The van der Waals surface area contributed by atoms with Crippen molar-refractivity contribution >= 4 is 49.1 Å². The topological polar surface area (TPSA) is 71.7 Å². The van der Waals surface area contributed by atoms with Crippen LogP contribution in [0.15, 0.2) is 52.4 Å². The molecular formula is C25H28ClN3O3S2. The molecule has 0 aliphatic rings. The van der Waals surface area contributed by atoms with Gasteiger partial charge in [0.2, 0.25) is 10.0 Å². The van der Waals surface area contributed by atoms with E-state index >= 15 is 0 Å². The predicted molar refractivity (Wildman–Crippen MR) is 139 cm³/mol. The van der Waals surface area contributed by atoms with E-state index < -0.39 is 15.9 Å². The summed E-state index contributed by atoms with van der Waals surface area (Å²) < 4.78 is 30.4. The van der Waals surface area contributed by atoms with E-state index in [0.29, 0.717) is 28.5 Å². The minimum Gasteiger partial charge on any atom is -0.303 e. The SMILES string of the molecule is C#CCn1c(=NC(=O)c2ccc(S(=O)(=O)N(CCCC)CCCC)cc2)sc2cccc(Cl)c21. The third-order valence-electron chi connectivity index (χ3n) is 5.36. The van der Waals surface area contributed by atoms with Crippen LogP contribution in [0.3, 0.4) is 0 Å². The summed E-state index contributed by atoms with van der Waals surface area (Å²) in [4.78, 5) is 17.8. The van der Waals surface area contributed by atoms with E-state index in [9.17, 15) is 13.2 Å². The number of nitrogens with zero attached hydrogens (tertiary/aromatic N) is 3. The first-order valence-corrected chi connectivity index (χ1v) is 13.9. The van der Waals surface area contributed by atoms with E-state index in [1.165, 1.54) is 39.9 Å². The van der Waals surface area contributed by atoms with Crippen molar-refractivity contribution < 1.29 is 13.2 Å². The lowest BCUT2D eigenvalue weighted by molar-refractivity contribution is 0.0998. The molecule has 180 valence electrons. The van der Waals surface area contributed by atoms with Gasteiger partial charge >= 0.3 is 0 Å². The van der Waals surface area contributed by atoms with Crippen LogP contribution in [0.4, 0.5) is 0 Å². The Morgan fingerprint density at radius 1 is 1.12 bits per heavy atom. The number of aromatic nitrogens is 1. The van der Waals surface area contributed by atoms with Gasteiger partial charge in [-0.15, -0.1) is 6.42 Å². The molecule has 34 heavy (non-hydrogen) atoms. The van der Waals surface area contributed by atoms with Crippen LogP contribution < -0.4 is 4.80 Å². The molecule has 0 bridgehead atoms. The van der Waals surface area contributed by atoms with Crippen LogP contribution in [0, 0.1) is 12.3 Å². The van der Waals surface area contributed by atoms with Gasteiger partial charge in [-0.1, -0.05) is 61.6 Å². The zero-order chi connectivity index (χ0) is 24.7. The first-order chi connectivity index (χ1) is 16.3. The second-order valence-corrected chi connectivity index (χ2v) is 11.2. The van der Waals surface area contributed by atoms with Gasteiger partial charge in [-0.2, -0.15) is 9.30 Å². The molecular weight excluding hydrogens is 490 g/mol. The van der Waals surface area contributed by atoms with Gasteiger partial charge in [-0.25, -0.2) is 8.42 Å². The number of amides is 1. The number of rotatable bonds is 10. The van der Waals surface area contributed by atoms with Crippen LogP contribution in [0.25, 0.3) is 10.2 Å². The number of thiazole rings is 1. The maximum Gasteiger partial charge on any atom is 0.279 e. The summed E-state index contributed by atoms with van der Waals surface area (Å²) in [6.07, 6.45) is 8.94. The fourth-order valence-corrected chi connectivity index (χ4v) is 6.41. The normalized spacial score (nSPS) is 12.4. The molecule has 3 aromatic rings. The average Bonchev–Trinajstić information content (AvgIpc) is 3.17. The number of unbranched alkanes of at least 4 members (excludes halogenated alkanes) is 2. The Labute approximate surface area is 209 Å². The van der Waals surface area contributed by atoms with Gasteiger partial charge in [0.25, 0.3) is 5.91 Å². The summed E-state index contributed by atoms with van der Waals surface area (Å²) in [6, 6.07) is 11.4. The number of carbonyl (C=O) groups is 1. The Hall–Kier alpha value is -2.44. The van der Waals surface area contributed by atoms with Gasteiger partial charge in [0.15, 0.2) is 4.80 Å². The number of benzene rings is 2. The van der Waals surface area contributed by atoms with Gasteiger partial charge in [0.1, 0.15) is 0 Å². The Bertz CT molecular complexity index is 1360. The van der Waals surface area contributed by atoms with Crippen LogP contribution >= 0.6 is 22.9 Å². The first-order valence-electron chi connectivity index (χ1n) is 11.2. The lowest BCUT2D eigenvalue weighted by Gasteiger charge is -2.22. The number of halogens is 1. The molecule has 0 unspecified atom stereocenters. The Balaban J connectivity index is 1.92. The van der Waals surface area contributed by atoms with Crippen molar-refractivity contribution in [3.63, 3.8) is 0 Å². The van der Waals surface area contributed by atoms with Crippen LogP contribution in [0.1, 0.15) is 49.9 Å².